The van der Waals surface area contributed by atoms with Crippen LogP contribution in [-0.2, 0) is 9.53 Å². The fourth-order valence-corrected chi connectivity index (χ4v) is 1.77. The molecule has 0 aromatic heterocycles. The van der Waals surface area contributed by atoms with Gasteiger partial charge in [-0.15, -0.1) is 0 Å². The minimum absolute atomic E-state index is 0.157. The zero-order valence-electron chi connectivity index (χ0n) is 11.0. The summed E-state index contributed by atoms with van der Waals surface area (Å²) in [5, 5.41) is 12.5. The number of carbonyl (C=O) groups excluding carboxylic acids is 2. The van der Waals surface area contributed by atoms with Crippen LogP contribution in [0.25, 0.3) is 0 Å². The molecule has 1 amide bonds. The summed E-state index contributed by atoms with van der Waals surface area (Å²) < 4.78 is 4.78. The molecule has 110 valence electrons. The quantitative estimate of drug-likeness (QED) is 0.814. The van der Waals surface area contributed by atoms with Gasteiger partial charge >= 0.3 is 5.97 Å². The van der Waals surface area contributed by atoms with Crippen LogP contribution < -0.4 is 5.32 Å². The predicted octanol–water partition coefficient (Wildman–Crippen LogP) is 2.04. The Morgan fingerprint density at radius 2 is 2.00 bits per heavy atom. The van der Waals surface area contributed by atoms with Crippen molar-refractivity contribution in [1.29, 1.82) is 0 Å². The number of ether oxygens (including phenoxy) is 1. The van der Waals surface area contributed by atoms with Gasteiger partial charge in [0.1, 0.15) is 0 Å². The SMILES string of the molecule is CCOC(=O)[C@@H](NC(=O)c1ccc(Cl)c(Cl)c1)[C@H](C)O. The van der Waals surface area contributed by atoms with E-state index in [1.807, 2.05) is 0 Å². The molecule has 0 saturated carbocycles. The lowest BCUT2D eigenvalue weighted by atomic mass is 10.1. The largest absolute Gasteiger partial charge is 0.464 e. The summed E-state index contributed by atoms with van der Waals surface area (Å²) in [6, 6.07) is 3.18. The van der Waals surface area contributed by atoms with E-state index in [0.29, 0.717) is 5.02 Å². The lowest BCUT2D eigenvalue weighted by Gasteiger charge is -2.19. The van der Waals surface area contributed by atoms with Gasteiger partial charge in [0.15, 0.2) is 6.04 Å². The molecular weight excluding hydrogens is 305 g/mol. The Bertz CT molecular complexity index is 505. The molecule has 0 fully saturated rings. The lowest BCUT2D eigenvalue weighted by molar-refractivity contribution is -0.148. The van der Waals surface area contributed by atoms with Crippen LogP contribution in [0.4, 0.5) is 0 Å². The van der Waals surface area contributed by atoms with Crippen molar-refractivity contribution in [3.63, 3.8) is 0 Å². The molecular formula is C13H15Cl2NO4. The molecule has 0 aliphatic heterocycles. The molecule has 5 nitrogen and oxygen atoms in total. The predicted molar refractivity (Wildman–Crippen MR) is 76.0 cm³/mol. The lowest BCUT2D eigenvalue weighted by Crippen LogP contribution is -2.48. The molecule has 0 unspecified atom stereocenters. The molecule has 0 bridgehead atoms. The van der Waals surface area contributed by atoms with Gasteiger partial charge in [0, 0.05) is 5.56 Å². The summed E-state index contributed by atoms with van der Waals surface area (Å²) in [5.74, 6) is -1.25. The van der Waals surface area contributed by atoms with Crippen LogP contribution >= 0.6 is 23.2 Å². The summed E-state index contributed by atoms with van der Waals surface area (Å²) in [6.07, 6.45) is -1.08. The summed E-state index contributed by atoms with van der Waals surface area (Å²) in [7, 11) is 0. The number of rotatable bonds is 5. The highest BCUT2D eigenvalue weighted by atomic mass is 35.5. The van der Waals surface area contributed by atoms with Crippen LogP contribution in [0, 0.1) is 0 Å². The third kappa shape index (κ3) is 4.37. The summed E-state index contributed by atoms with van der Waals surface area (Å²) >= 11 is 11.6. The van der Waals surface area contributed by atoms with Gasteiger partial charge in [-0.3, -0.25) is 4.79 Å². The number of aliphatic hydroxyl groups excluding tert-OH is 1. The van der Waals surface area contributed by atoms with Gasteiger partial charge in [0.05, 0.1) is 22.8 Å². The van der Waals surface area contributed by atoms with Crippen LogP contribution in [0.1, 0.15) is 24.2 Å². The highest BCUT2D eigenvalue weighted by Gasteiger charge is 2.27. The first-order valence-corrected chi connectivity index (χ1v) is 6.73. The summed E-state index contributed by atoms with van der Waals surface area (Å²) in [5.41, 5.74) is 0.231. The molecule has 2 N–H and O–H groups in total. The molecule has 0 aliphatic carbocycles. The minimum Gasteiger partial charge on any atom is -0.464 e. The molecule has 0 saturated heterocycles. The van der Waals surface area contributed by atoms with E-state index in [-0.39, 0.29) is 17.2 Å². The second-order valence-electron chi connectivity index (χ2n) is 4.07. The van der Waals surface area contributed by atoms with Gasteiger partial charge in [-0.1, -0.05) is 23.2 Å². The first-order chi connectivity index (χ1) is 9.36. The van der Waals surface area contributed by atoms with Gasteiger partial charge in [-0.25, -0.2) is 4.79 Å². The van der Waals surface area contributed by atoms with E-state index in [9.17, 15) is 14.7 Å². The van der Waals surface area contributed by atoms with Crippen molar-refractivity contribution in [1.82, 2.24) is 5.32 Å². The highest BCUT2D eigenvalue weighted by molar-refractivity contribution is 6.42. The molecule has 0 radical (unpaired) electrons. The molecule has 1 aromatic rings. The zero-order valence-corrected chi connectivity index (χ0v) is 12.5. The maximum Gasteiger partial charge on any atom is 0.331 e. The fraction of sp³-hybridized carbons (Fsp3) is 0.385. The number of esters is 1. The van der Waals surface area contributed by atoms with Crippen molar-refractivity contribution < 1.29 is 19.4 Å². The van der Waals surface area contributed by atoms with Crippen molar-refractivity contribution in [3.05, 3.63) is 33.8 Å². The van der Waals surface area contributed by atoms with E-state index >= 15 is 0 Å². The number of hydrogen-bond donors (Lipinski definition) is 2. The maximum atomic E-state index is 12.0. The summed E-state index contributed by atoms with van der Waals surface area (Å²) in [6.45, 7) is 3.18. The Balaban J connectivity index is 2.85. The monoisotopic (exact) mass is 319 g/mol. The van der Waals surface area contributed by atoms with Crippen molar-refractivity contribution in [3.8, 4) is 0 Å². The van der Waals surface area contributed by atoms with Crippen molar-refractivity contribution >= 4 is 35.1 Å². The third-order valence-electron chi connectivity index (χ3n) is 2.49. The second kappa shape index (κ2) is 7.47. The maximum absolute atomic E-state index is 12.0. The number of aliphatic hydroxyl groups is 1. The van der Waals surface area contributed by atoms with E-state index < -0.39 is 24.0 Å². The van der Waals surface area contributed by atoms with E-state index in [4.69, 9.17) is 27.9 Å². The number of amides is 1. The summed E-state index contributed by atoms with van der Waals surface area (Å²) in [4.78, 5) is 23.6. The van der Waals surface area contributed by atoms with Crippen molar-refractivity contribution in [2.24, 2.45) is 0 Å². The average Bonchev–Trinajstić information content (AvgIpc) is 2.38. The van der Waals surface area contributed by atoms with E-state index in [0.717, 1.165) is 0 Å². The van der Waals surface area contributed by atoms with Gasteiger partial charge in [0.2, 0.25) is 0 Å². The number of hydrogen-bond acceptors (Lipinski definition) is 4. The smallest absolute Gasteiger partial charge is 0.331 e. The molecule has 0 aliphatic rings. The Morgan fingerprint density at radius 3 is 2.50 bits per heavy atom. The first-order valence-electron chi connectivity index (χ1n) is 5.97. The van der Waals surface area contributed by atoms with Crippen LogP contribution in [0.3, 0.4) is 0 Å². The number of carbonyl (C=O) groups is 2. The Labute approximate surface area is 126 Å². The van der Waals surface area contributed by atoms with Crippen LogP contribution in [-0.4, -0.2) is 35.7 Å². The number of halogens is 2. The van der Waals surface area contributed by atoms with Gasteiger partial charge in [0.25, 0.3) is 5.91 Å². The first kappa shape index (κ1) is 16.8. The molecule has 1 aromatic carbocycles. The second-order valence-corrected chi connectivity index (χ2v) is 4.89. The van der Waals surface area contributed by atoms with E-state index in [1.165, 1.54) is 25.1 Å². The zero-order chi connectivity index (χ0) is 15.3. The van der Waals surface area contributed by atoms with E-state index in [1.54, 1.807) is 6.92 Å². The van der Waals surface area contributed by atoms with E-state index in [2.05, 4.69) is 5.32 Å². The molecule has 0 heterocycles. The highest BCUT2D eigenvalue weighted by Crippen LogP contribution is 2.22. The molecule has 20 heavy (non-hydrogen) atoms. The standard InChI is InChI=1S/C13H15Cl2NO4/c1-3-20-13(19)11(7(2)17)16-12(18)8-4-5-9(14)10(15)6-8/h4-7,11,17H,3H2,1-2H3,(H,16,18)/t7-,11-/m0/s1. The molecule has 1 rings (SSSR count). The van der Waals surface area contributed by atoms with Crippen LogP contribution in [0.15, 0.2) is 18.2 Å². The topological polar surface area (TPSA) is 75.6 Å². The fourth-order valence-electron chi connectivity index (χ4n) is 1.47. The minimum atomic E-state index is -1.14. The van der Waals surface area contributed by atoms with Gasteiger partial charge < -0.3 is 15.2 Å². The van der Waals surface area contributed by atoms with Crippen LogP contribution in [0.2, 0.25) is 10.0 Å². The van der Waals surface area contributed by atoms with Crippen molar-refractivity contribution in [2.75, 3.05) is 6.61 Å². The van der Waals surface area contributed by atoms with Gasteiger partial charge in [-0.05, 0) is 32.0 Å². The van der Waals surface area contributed by atoms with Crippen LogP contribution in [0.5, 0.6) is 0 Å². The van der Waals surface area contributed by atoms with Crippen molar-refractivity contribution in [2.45, 2.75) is 26.0 Å². The van der Waals surface area contributed by atoms with Gasteiger partial charge in [-0.2, -0.15) is 0 Å². The molecule has 0 spiro atoms. The number of nitrogens with one attached hydrogen (secondary N) is 1. The number of benzene rings is 1. The molecule has 7 heteroatoms. The Kier molecular flexibility index (Phi) is 6.26. The normalized spacial score (nSPS) is 13.4. The Morgan fingerprint density at radius 1 is 1.35 bits per heavy atom. The molecule has 2 atom stereocenters. The third-order valence-corrected chi connectivity index (χ3v) is 3.23. The average molecular weight is 320 g/mol. The Hall–Kier alpha value is -1.30.